The van der Waals surface area contributed by atoms with Gasteiger partial charge in [0.2, 0.25) is 0 Å². The minimum atomic E-state index is -0.0927. The van der Waals surface area contributed by atoms with Crippen LogP contribution in [0.15, 0.2) is 36.7 Å². The van der Waals surface area contributed by atoms with Crippen molar-refractivity contribution in [1.82, 2.24) is 20.2 Å². The monoisotopic (exact) mass is 378 g/mol. The first-order valence-corrected chi connectivity index (χ1v) is 10.5. The van der Waals surface area contributed by atoms with Crippen LogP contribution in [0.4, 0.5) is 0 Å². The van der Waals surface area contributed by atoms with E-state index in [-0.39, 0.29) is 11.9 Å². The highest BCUT2D eigenvalue weighted by Gasteiger charge is 2.27. The SMILES string of the molecule is Cc1ccc([C@@H](CNC(=O)c2cnc(C3CC3)nc2)N2CCC(C)CC2)cc1. The van der Waals surface area contributed by atoms with Crippen molar-refractivity contribution < 1.29 is 4.79 Å². The molecule has 2 aliphatic rings. The zero-order valence-corrected chi connectivity index (χ0v) is 16.9. The molecule has 4 rings (SSSR count). The van der Waals surface area contributed by atoms with Crippen LogP contribution in [-0.4, -0.2) is 40.4 Å². The molecule has 148 valence electrons. The van der Waals surface area contributed by atoms with Gasteiger partial charge >= 0.3 is 0 Å². The van der Waals surface area contributed by atoms with Crippen molar-refractivity contribution in [1.29, 1.82) is 0 Å². The third-order valence-electron chi connectivity index (χ3n) is 6.05. The first-order valence-electron chi connectivity index (χ1n) is 10.5. The van der Waals surface area contributed by atoms with E-state index in [1.807, 2.05) is 0 Å². The molecule has 1 aliphatic carbocycles. The third kappa shape index (κ3) is 4.58. The Kier molecular flexibility index (Phi) is 5.72. The molecule has 1 amide bonds. The predicted molar refractivity (Wildman–Crippen MR) is 110 cm³/mol. The molecule has 0 bridgehead atoms. The van der Waals surface area contributed by atoms with Gasteiger partial charge in [-0.3, -0.25) is 9.69 Å². The number of likely N-dealkylation sites (tertiary alicyclic amines) is 1. The molecule has 1 atom stereocenters. The van der Waals surface area contributed by atoms with Crippen LogP contribution in [0, 0.1) is 12.8 Å². The lowest BCUT2D eigenvalue weighted by Gasteiger charge is -2.37. The summed E-state index contributed by atoms with van der Waals surface area (Å²) in [5.74, 6) is 2.07. The van der Waals surface area contributed by atoms with E-state index < -0.39 is 0 Å². The minimum Gasteiger partial charge on any atom is -0.350 e. The summed E-state index contributed by atoms with van der Waals surface area (Å²) in [6, 6.07) is 8.89. The van der Waals surface area contributed by atoms with E-state index in [1.54, 1.807) is 12.4 Å². The fourth-order valence-electron chi connectivity index (χ4n) is 3.89. The van der Waals surface area contributed by atoms with Gasteiger partial charge in [0.1, 0.15) is 5.82 Å². The highest BCUT2D eigenvalue weighted by molar-refractivity contribution is 5.93. The first kappa shape index (κ1) is 19.1. The second kappa shape index (κ2) is 8.39. The maximum absolute atomic E-state index is 12.7. The average molecular weight is 379 g/mol. The molecule has 0 spiro atoms. The third-order valence-corrected chi connectivity index (χ3v) is 6.05. The summed E-state index contributed by atoms with van der Waals surface area (Å²) in [6.07, 6.45) is 8.09. The second-order valence-electron chi connectivity index (χ2n) is 8.46. The first-order chi connectivity index (χ1) is 13.6. The second-order valence-corrected chi connectivity index (χ2v) is 8.46. The summed E-state index contributed by atoms with van der Waals surface area (Å²) < 4.78 is 0. The van der Waals surface area contributed by atoms with Crippen molar-refractivity contribution in [2.24, 2.45) is 5.92 Å². The van der Waals surface area contributed by atoms with Gasteiger partial charge in [0.25, 0.3) is 5.91 Å². The number of amides is 1. The lowest BCUT2D eigenvalue weighted by atomic mass is 9.95. The van der Waals surface area contributed by atoms with E-state index in [1.165, 1.54) is 24.0 Å². The van der Waals surface area contributed by atoms with Gasteiger partial charge in [-0.15, -0.1) is 0 Å². The van der Waals surface area contributed by atoms with Gasteiger partial charge in [-0.05, 0) is 57.2 Å². The molecule has 2 aromatic rings. The Morgan fingerprint density at radius 2 is 1.75 bits per heavy atom. The number of benzene rings is 1. The highest BCUT2D eigenvalue weighted by Crippen LogP contribution is 2.37. The Hall–Kier alpha value is -2.27. The number of carbonyl (C=O) groups is 1. The van der Waals surface area contributed by atoms with Crippen molar-refractivity contribution in [3.63, 3.8) is 0 Å². The van der Waals surface area contributed by atoms with Crippen LogP contribution in [0.3, 0.4) is 0 Å². The summed E-state index contributed by atoms with van der Waals surface area (Å²) in [6.45, 7) is 7.18. The number of carbonyl (C=O) groups excluding carboxylic acids is 1. The molecular formula is C23H30N4O. The average Bonchev–Trinajstić information content (AvgIpc) is 3.56. The molecule has 1 saturated carbocycles. The number of nitrogens with zero attached hydrogens (tertiary/aromatic N) is 3. The molecule has 1 aromatic heterocycles. The fraction of sp³-hybridized carbons (Fsp3) is 0.522. The molecular weight excluding hydrogens is 348 g/mol. The van der Waals surface area contributed by atoms with Crippen molar-refractivity contribution in [2.45, 2.75) is 51.5 Å². The lowest BCUT2D eigenvalue weighted by molar-refractivity contribution is 0.0912. The van der Waals surface area contributed by atoms with Crippen LogP contribution < -0.4 is 5.32 Å². The normalized spacial score (nSPS) is 19.4. The van der Waals surface area contributed by atoms with Crippen molar-refractivity contribution >= 4 is 5.91 Å². The number of rotatable bonds is 6. The standard InChI is InChI=1S/C23H30N4O/c1-16-3-5-18(6-4-16)21(27-11-9-17(2)10-12-27)15-26-23(28)20-13-24-22(25-14-20)19-7-8-19/h3-6,13-14,17,19,21H,7-12,15H2,1-2H3,(H,26,28)/t21-/m1/s1. The summed E-state index contributed by atoms with van der Waals surface area (Å²) in [5.41, 5.74) is 3.06. The summed E-state index contributed by atoms with van der Waals surface area (Å²) in [4.78, 5) is 23.9. The van der Waals surface area contributed by atoms with Crippen LogP contribution >= 0.6 is 0 Å². The molecule has 28 heavy (non-hydrogen) atoms. The number of hydrogen-bond acceptors (Lipinski definition) is 4. The van der Waals surface area contributed by atoms with E-state index in [0.29, 0.717) is 18.0 Å². The molecule has 5 heteroatoms. The number of piperidine rings is 1. The zero-order valence-electron chi connectivity index (χ0n) is 16.9. The van der Waals surface area contributed by atoms with Gasteiger partial charge in [0.15, 0.2) is 0 Å². The fourth-order valence-corrected chi connectivity index (χ4v) is 3.89. The van der Waals surface area contributed by atoms with E-state index in [0.717, 1.165) is 37.7 Å². The Morgan fingerprint density at radius 1 is 1.11 bits per heavy atom. The molecule has 0 radical (unpaired) electrons. The molecule has 2 fully saturated rings. The number of aromatic nitrogens is 2. The van der Waals surface area contributed by atoms with Crippen molar-refractivity contribution in [3.05, 3.63) is 59.2 Å². The van der Waals surface area contributed by atoms with Gasteiger partial charge in [0, 0.05) is 24.9 Å². The predicted octanol–water partition coefficient (Wildman–Crippen LogP) is 3.87. The maximum atomic E-state index is 12.7. The van der Waals surface area contributed by atoms with Gasteiger partial charge in [-0.25, -0.2) is 9.97 Å². The largest absolute Gasteiger partial charge is 0.350 e. The Bertz CT molecular complexity index is 790. The molecule has 0 unspecified atom stereocenters. The number of hydrogen-bond donors (Lipinski definition) is 1. The van der Waals surface area contributed by atoms with Crippen LogP contribution in [0.5, 0.6) is 0 Å². The Balaban J connectivity index is 1.43. The van der Waals surface area contributed by atoms with Gasteiger partial charge in [-0.1, -0.05) is 36.8 Å². The van der Waals surface area contributed by atoms with E-state index in [9.17, 15) is 4.79 Å². The molecule has 5 nitrogen and oxygen atoms in total. The topological polar surface area (TPSA) is 58.1 Å². The van der Waals surface area contributed by atoms with E-state index in [2.05, 4.69) is 58.3 Å². The van der Waals surface area contributed by atoms with Crippen LogP contribution in [0.2, 0.25) is 0 Å². The number of nitrogens with one attached hydrogen (secondary N) is 1. The molecule has 1 N–H and O–H groups in total. The van der Waals surface area contributed by atoms with Crippen molar-refractivity contribution in [2.75, 3.05) is 19.6 Å². The Morgan fingerprint density at radius 3 is 2.36 bits per heavy atom. The van der Waals surface area contributed by atoms with Crippen molar-refractivity contribution in [3.8, 4) is 0 Å². The minimum absolute atomic E-state index is 0.0927. The molecule has 1 aliphatic heterocycles. The van der Waals surface area contributed by atoms with E-state index in [4.69, 9.17) is 0 Å². The smallest absolute Gasteiger partial charge is 0.254 e. The molecule has 1 aromatic carbocycles. The van der Waals surface area contributed by atoms with Gasteiger partial charge < -0.3 is 5.32 Å². The lowest BCUT2D eigenvalue weighted by Crippen LogP contribution is -2.42. The van der Waals surface area contributed by atoms with Crippen LogP contribution in [-0.2, 0) is 0 Å². The van der Waals surface area contributed by atoms with Gasteiger partial charge in [0.05, 0.1) is 11.6 Å². The summed E-state index contributed by atoms with van der Waals surface area (Å²) in [5, 5.41) is 3.12. The van der Waals surface area contributed by atoms with Crippen LogP contribution in [0.25, 0.3) is 0 Å². The quantitative estimate of drug-likeness (QED) is 0.829. The molecule has 2 heterocycles. The maximum Gasteiger partial charge on any atom is 0.254 e. The summed E-state index contributed by atoms with van der Waals surface area (Å²) >= 11 is 0. The zero-order chi connectivity index (χ0) is 19.5. The highest BCUT2D eigenvalue weighted by atomic mass is 16.1. The van der Waals surface area contributed by atoms with E-state index >= 15 is 0 Å². The molecule has 1 saturated heterocycles. The van der Waals surface area contributed by atoms with Crippen LogP contribution in [0.1, 0.15) is 71.9 Å². The van der Waals surface area contributed by atoms with Gasteiger partial charge in [-0.2, -0.15) is 0 Å². The summed E-state index contributed by atoms with van der Waals surface area (Å²) in [7, 11) is 0. The number of aryl methyl sites for hydroxylation is 1. The Labute approximate surface area is 167 Å².